The first-order valence-electron chi connectivity index (χ1n) is 4.32. The topological polar surface area (TPSA) is 37.8 Å². The largest absolute Gasteiger partial charge is 0.367 e. The Bertz CT molecular complexity index is 433. The highest BCUT2D eigenvalue weighted by Gasteiger charge is 2.21. The summed E-state index contributed by atoms with van der Waals surface area (Å²) in [4.78, 5) is 9.45. The van der Waals surface area contributed by atoms with Crippen LogP contribution in [0.2, 0.25) is 0 Å². The third-order valence-corrected chi connectivity index (χ3v) is 2.75. The molecule has 0 unspecified atom stereocenters. The fourth-order valence-corrected chi connectivity index (χ4v) is 1.82. The van der Waals surface area contributed by atoms with Crippen LogP contribution in [-0.2, 0) is 0 Å². The number of hydrogen-bond acceptors (Lipinski definition) is 4. The summed E-state index contributed by atoms with van der Waals surface area (Å²) >= 11 is 1.46. The molecule has 0 aliphatic heterocycles. The van der Waals surface area contributed by atoms with Gasteiger partial charge in [-0.05, 0) is 25.0 Å². The Morgan fingerprint density at radius 2 is 2.38 bits per heavy atom. The van der Waals surface area contributed by atoms with Gasteiger partial charge in [0.25, 0.3) is 0 Å². The fraction of sp³-hybridized carbons (Fsp3) is 0.333. The van der Waals surface area contributed by atoms with Crippen LogP contribution in [0, 0.1) is 5.51 Å². The molecule has 65 valence electrons. The number of thiazole rings is 1. The highest BCUT2D eigenvalue weighted by Crippen LogP contribution is 2.25. The maximum atomic E-state index is 4.43. The lowest BCUT2D eigenvalue weighted by Crippen LogP contribution is -2.02. The molecule has 0 saturated heterocycles. The van der Waals surface area contributed by atoms with E-state index in [-0.39, 0.29) is 0 Å². The van der Waals surface area contributed by atoms with Crippen LogP contribution in [0.15, 0.2) is 12.1 Å². The lowest BCUT2D eigenvalue weighted by Gasteiger charge is -2.01. The lowest BCUT2D eigenvalue weighted by molar-refractivity contribution is 1.13. The Morgan fingerprint density at radius 3 is 3.23 bits per heavy atom. The molecular formula is C9H8N3S. The molecule has 0 spiro atoms. The second-order valence-corrected chi connectivity index (χ2v) is 4.02. The van der Waals surface area contributed by atoms with E-state index < -0.39 is 0 Å². The average molecular weight is 190 g/mol. The molecule has 1 radical (unpaired) electrons. The number of aromatic nitrogens is 2. The van der Waals surface area contributed by atoms with Crippen molar-refractivity contribution in [2.75, 3.05) is 5.32 Å². The van der Waals surface area contributed by atoms with E-state index in [1.807, 2.05) is 12.1 Å². The number of pyridine rings is 1. The predicted octanol–water partition coefficient (Wildman–Crippen LogP) is 2.07. The standard InChI is InChI=1S/C9H8N3S/c1-2-6(1)11-8-4-3-7-9(12-8)13-5-10-7/h3-4,6H,1-2H2,(H,11,12). The molecule has 2 aromatic rings. The Hall–Kier alpha value is -1.16. The van der Waals surface area contributed by atoms with Crippen molar-refractivity contribution in [3.8, 4) is 0 Å². The molecule has 1 fully saturated rings. The summed E-state index contributed by atoms with van der Waals surface area (Å²) in [5, 5.41) is 3.35. The van der Waals surface area contributed by atoms with Crippen LogP contribution >= 0.6 is 11.3 Å². The van der Waals surface area contributed by atoms with E-state index in [9.17, 15) is 0 Å². The summed E-state index contributed by atoms with van der Waals surface area (Å²) in [7, 11) is 0. The van der Waals surface area contributed by atoms with E-state index in [4.69, 9.17) is 0 Å². The molecule has 0 atom stereocenters. The van der Waals surface area contributed by atoms with Crippen molar-refractivity contribution in [1.29, 1.82) is 0 Å². The molecule has 1 saturated carbocycles. The van der Waals surface area contributed by atoms with Crippen LogP contribution in [0.4, 0.5) is 5.82 Å². The number of anilines is 1. The van der Waals surface area contributed by atoms with Crippen molar-refractivity contribution in [1.82, 2.24) is 9.97 Å². The fourth-order valence-electron chi connectivity index (χ4n) is 1.23. The minimum Gasteiger partial charge on any atom is -0.367 e. The van der Waals surface area contributed by atoms with Crippen LogP contribution < -0.4 is 5.32 Å². The van der Waals surface area contributed by atoms with Gasteiger partial charge in [-0.1, -0.05) is 11.3 Å². The predicted molar refractivity (Wildman–Crippen MR) is 52.9 cm³/mol. The summed E-state index contributed by atoms with van der Waals surface area (Å²) < 4.78 is 0. The number of hydrogen-bond donors (Lipinski definition) is 1. The first-order valence-corrected chi connectivity index (χ1v) is 5.14. The van der Waals surface area contributed by atoms with Gasteiger partial charge in [-0.3, -0.25) is 0 Å². The maximum absolute atomic E-state index is 4.43. The SMILES string of the molecule is [c]1nc2ccc(NC3CC3)nc2s1. The summed E-state index contributed by atoms with van der Waals surface area (Å²) in [5.41, 5.74) is 3.77. The van der Waals surface area contributed by atoms with Crippen molar-refractivity contribution in [3.63, 3.8) is 0 Å². The summed E-state index contributed by atoms with van der Waals surface area (Å²) in [5.74, 6) is 0.965. The van der Waals surface area contributed by atoms with Crippen molar-refractivity contribution < 1.29 is 0 Å². The van der Waals surface area contributed by atoms with E-state index in [1.165, 1.54) is 24.2 Å². The Balaban J connectivity index is 1.99. The van der Waals surface area contributed by atoms with E-state index in [2.05, 4.69) is 20.8 Å². The van der Waals surface area contributed by atoms with Crippen molar-refractivity contribution >= 4 is 27.5 Å². The van der Waals surface area contributed by atoms with Crippen molar-refractivity contribution in [2.45, 2.75) is 18.9 Å². The van der Waals surface area contributed by atoms with Gasteiger partial charge in [0.15, 0.2) is 5.51 Å². The van der Waals surface area contributed by atoms with Gasteiger partial charge < -0.3 is 5.32 Å². The second-order valence-electron chi connectivity index (χ2n) is 3.24. The van der Waals surface area contributed by atoms with Crippen molar-refractivity contribution in [2.24, 2.45) is 0 Å². The second kappa shape index (κ2) is 2.67. The van der Waals surface area contributed by atoms with Crippen LogP contribution in [0.1, 0.15) is 12.8 Å². The highest BCUT2D eigenvalue weighted by molar-refractivity contribution is 7.15. The van der Waals surface area contributed by atoms with Gasteiger partial charge in [-0.25, -0.2) is 9.97 Å². The molecular weight excluding hydrogens is 182 g/mol. The summed E-state index contributed by atoms with van der Waals surface area (Å²) in [6.07, 6.45) is 2.54. The average Bonchev–Trinajstić information content (AvgIpc) is 2.83. The molecule has 0 amide bonds. The monoisotopic (exact) mass is 190 g/mol. The third kappa shape index (κ3) is 1.37. The van der Waals surface area contributed by atoms with Crippen molar-refractivity contribution in [3.05, 3.63) is 17.6 Å². The minimum atomic E-state index is 0.654. The zero-order chi connectivity index (χ0) is 8.67. The third-order valence-electron chi connectivity index (χ3n) is 2.08. The molecule has 4 heteroatoms. The van der Waals surface area contributed by atoms with E-state index in [0.29, 0.717) is 6.04 Å². The van der Waals surface area contributed by atoms with Gasteiger partial charge in [0.05, 0.1) is 0 Å². The first kappa shape index (κ1) is 7.26. The Labute approximate surface area is 79.8 Å². The van der Waals surface area contributed by atoms with E-state index in [0.717, 1.165) is 16.2 Å². The zero-order valence-corrected chi connectivity index (χ0v) is 7.77. The Morgan fingerprint density at radius 1 is 1.46 bits per heavy atom. The van der Waals surface area contributed by atoms with Gasteiger partial charge in [0.1, 0.15) is 16.2 Å². The van der Waals surface area contributed by atoms with Gasteiger partial charge in [0, 0.05) is 6.04 Å². The number of rotatable bonds is 2. The molecule has 3 rings (SSSR count). The molecule has 0 aromatic carbocycles. The van der Waals surface area contributed by atoms with Crippen LogP contribution in [0.25, 0.3) is 10.3 Å². The van der Waals surface area contributed by atoms with Gasteiger partial charge >= 0.3 is 0 Å². The molecule has 3 nitrogen and oxygen atoms in total. The normalized spacial score (nSPS) is 16.3. The molecule has 2 aromatic heterocycles. The number of nitrogens with one attached hydrogen (secondary N) is 1. The minimum absolute atomic E-state index is 0.654. The maximum Gasteiger partial charge on any atom is 0.155 e. The van der Waals surface area contributed by atoms with E-state index >= 15 is 0 Å². The molecule has 0 bridgehead atoms. The molecule has 2 heterocycles. The molecule has 1 N–H and O–H groups in total. The quantitative estimate of drug-likeness (QED) is 0.787. The highest BCUT2D eigenvalue weighted by atomic mass is 32.1. The van der Waals surface area contributed by atoms with Gasteiger partial charge in [-0.2, -0.15) is 0 Å². The van der Waals surface area contributed by atoms with Crippen LogP contribution in [-0.4, -0.2) is 16.0 Å². The number of fused-ring (bicyclic) bond motifs is 1. The summed E-state index contributed by atoms with van der Waals surface area (Å²) in [6, 6.07) is 4.62. The van der Waals surface area contributed by atoms with E-state index in [1.54, 1.807) is 0 Å². The Kier molecular flexibility index (Phi) is 1.49. The first-order chi connectivity index (χ1) is 6.42. The molecule has 1 aliphatic rings. The smallest absolute Gasteiger partial charge is 0.155 e. The lowest BCUT2D eigenvalue weighted by atomic mass is 10.4. The summed E-state index contributed by atoms with van der Waals surface area (Å²) in [6.45, 7) is 0. The van der Waals surface area contributed by atoms with Crippen LogP contribution in [0.5, 0.6) is 0 Å². The number of nitrogens with zero attached hydrogens (tertiary/aromatic N) is 2. The van der Waals surface area contributed by atoms with Gasteiger partial charge in [0.2, 0.25) is 0 Å². The van der Waals surface area contributed by atoms with Gasteiger partial charge in [-0.15, -0.1) is 0 Å². The molecule has 1 aliphatic carbocycles. The zero-order valence-electron chi connectivity index (χ0n) is 6.95. The van der Waals surface area contributed by atoms with Crippen LogP contribution in [0.3, 0.4) is 0 Å². The molecule has 13 heavy (non-hydrogen) atoms.